The molecule has 0 radical (unpaired) electrons. The summed E-state index contributed by atoms with van der Waals surface area (Å²) in [5, 5.41) is 7.25. The number of hydrogen-bond acceptors (Lipinski definition) is 3. The van der Waals surface area contributed by atoms with Crippen LogP contribution in [0.3, 0.4) is 0 Å². The highest BCUT2D eigenvalue weighted by molar-refractivity contribution is 7.97. The molecule has 128 valence electrons. The summed E-state index contributed by atoms with van der Waals surface area (Å²) in [6, 6.07) is 8.09. The Bertz CT molecular complexity index is 700. The Labute approximate surface area is 147 Å². The number of thioether (sulfide) groups is 1. The number of rotatable bonds is 5. The molecule has 2 amide bonds. The largest absolute Gasteiger partial charge is 0.324 e. The Hall–Kier alpha value is -1.95. The highest BCUT2D eigenvalue weighted by Crippen LogP contribution is 2.22. The zero-order valence-electron chi connectivity index (χ0n) is 14.2. The summed E-state index contributed by atoms with van der Waals surface area (Å²) in [6.45, 7) is 1.63. The number of carbonyl (C=O) groups is 1. The molecule has 1 N–H and O–H groups in total. The van der Waals surface area contributed by atoms with Gasteiger partial charge in [0.15, 0.2) is 0 Å². The lowest BCUT2D eigenvalue weighted by molar-refractivity contribution is 0.221. The number of urea groups is 1. The van der Waals surface area contributed by atoms with E-state index in [9.17, 15) is 4.79 Å². The Morgan fingerprint density at radius 1 is 1.42 bits per heavy atom. The van der Waals surface area contributed by atoms with Crippen molar-refractivity contribution < 1.29 is 4.79 Å². The predicted octanol–water partition coefficient (Wildman–Crippen LogP) is 3.38. The SMILES string of the molecule is CSCc1cccc(NC(=O)N2CCC(Cc3cnn(C)c3)C2)c1. The molecule has 2 heterocycles. The molecule has 0 aliphatic carbocycles. The van der Waals surface area contributed by atoms with Crippen LogP contribution in [0.25, 0.3) is 0 Å². The fraction of sp³-hybridized carbons (Fsp3) is 0.444. The van der Waals surface area contributed by atoms with E-state index in [-0.39, 0.29) is 6.03 Å². The number of carbonyl (C=O) groups excluding carboxylic acids is 1. The van der Waals surface area contributed by atoms with Gasteiger partial charge in [-0.1, -0.05) is 12.1 Å². The number of likely N-dealkylation sites (tertiary alicyclic amines) is 1. The van der Waals surface area contributed by atoms with Gasteiger partial charge in [-0.15, -0.1) is 0 Å². The van der Waals surface area contributed by atoms with Crippen molar-refractivity contribution in [3.63, 3.8) is 0 Å². The van der Waals surface area contributed by atoms with Crippen LogP contribution in [-0.4, -0.2) is 40.1 Å². The minimum absolute atomic E-state index is 0.00462. The Kier molecular flexibility index (Phi) is 5.45. The van der Waals surface area contributed by atoms with E-state index < -0.39 is 0 Å². The van der Waals surface area contributed by atoms with Crippen LogP contribution in [0.15, 0.2) is 36.7 Å². The summed E-state index contributed by atoms with van der Waals surface area (Å²) in [5.74, 6) is 1.48. The van der Waals surface area contributed by atoms with E-state index in [1.54, 1.807) is 11.8 Å². The summed E-state index contributed by atoms with van der Waals surface area (Å²) in [7, 11) is 1.93. The number of amides is 2. The molecule has 1 aromatic carbocycles. The van der Waals surface area contributed by atoms with Crippen molar-refractivity contribution in [1.82, 2.24) is 14.7 Å². The summed E-state index contributed by atoms with van der Waals surface area (Å²) >= 11 is 1.78. The number of nitrogens with zero attached hydrogens (tertiary/aromatic N) is 3. The Balaban J connectivity index is 1.53. The van der Waals surface area contributed by atoms with Crippen LogP contribution in [0.2, 0.25) is 0 Å². The highest BCUT2D eigenvalue weighted by Gasteiger charge is 2.26. The molecule has 3 rings (SSSR count). The molecule has 2 aromatic rings. The number of aromatic nitrogens is 2. The van der Waals surface area contributed by atoms with Gasteiger partial charge in [0.05, 0.1) is 6.20 Å². The van der Waals surface area contributed by atoms with Gasteiger partial charge in [-0.05, 0) is 48.3 Å². The standard InChI is InChI=1S/C18H24N4OS/c1-21-11-16(10-19-21)8-14-6-7-22(12-14)18(23)20-17-5-3-4-15(9-17)13-24-2/h3-5,9-11,14H,6-8,12-13H2,1-2H3,(H,20,23). The summed E-state index contributed by atoms with van der Waals surface area (Å²) in [5.41, 5.74) is 3.35. The van der Waals surface area contributed by atoms with Crippen molar-refractivity contribution in [3.8, 4) is 0 Å². The zero-order chi connectivity index (χ0) is 16.9. The van der Waals surface area contributed by atoms with Crippen molar-refractivity contribution in [2.75, 3.05) is 24.7 Å². The van der Waals surface area contributed by atoms with Crippen LogP contribution in [0.1, 0.15) is 17.5 Å². The van der Waals surface area contributed by atoms with Gasteiger partial charge in [0.25, 0.3) is 0 Å². The smallest absolute Gasteiger partial charge is 0.321 e. The predicted molar refractivity (Wildman–Crippen MR) is 99.3 cm³/mol. The third kappa shape index (κ3) is 4.32. The van der Waals surface area contributed by atoms with Crippen molar-refractivity contribution in [3.05, 3.63) is 47.8 Å². The monoisotopic (exact) mass is 344 g/mol. The molecule has 1 atom stereocenters. The maximum atomic E-state index is 12.5. The van der Waals surface area contributed by atoms with Crippen molar-refractivity contribution in [1.29, 1.82) is 0 Å². The molecule has 1 unspecified atom stereocenters. The van der Waals surface area contributed by atoms with Gasteiger partial charge in [0, 0.05) is 37.8 Å². The van der Waals surface area contributed by atoms with E-state index in [1.807, 2.05) is 35.0 Å². The molecule has 1 saturated heterocycles. The lowest BCUT2D eigenvalue weighted by Crippen LogP contribution is -2.33. The van der Waals surface area contributed by atoms with Crippen molar-refractivity contribution in [2.45, 2.75) is 18.6 Å². The van der Waals surface area contributed by atoms with E-state index in [0.717, 1.165) is 37.4 Å². The minimum Gasteiger partial charge on any atom is -0.324 e. The molecule has 24 heavy (non-hydrogen) atoms. The average molecular weight is 344 g/mol. The molecule has 0 spiro atoms. The van der Waals surface area contributed by atoms with Crippen LogP contribution in [0, 0.1) is 5.92 Å². The second kappa shape index (κ2) is 7.75. The molecule has 1 aromatic heterocycles. The third-order valence-electron chi connectivity index (χ3n) is 4.35. The molecule has 0 saturated carbocycles. The fourth-order valence-electron chi connectivity index (χ4n) is 3.20. The van der Waals surface area contributed by atoms with Gasteiger partial charge in [0.1, 0.15) is 0 Å². The maximum Gasteiger partial charge on any atom is 0.321 e. The summed E-state index contributed by atoms with van der Waals surface area (Å²) < 4.78 is 1.83. The van der Waals surface area contributed by atoms with E-state index in [2.05, 4.69) is 35.0 Å². The van der Waals surface area contributed by atoms with E-state index in [4.69, 9.17) is 0 Å². The highest BCUT2D eigenvalue weighted by atomic mass is 32.2. The quantitative estimate of drug-likeness (QED) is 0.905. The second-order valence-electron chi connectivity index (χ2n) is 6.39. The first kappa shape index (κ1) is 16.9. The number of anilines is 1. The van der Waals surface area contributed by atoms with Gasteiger partial charge in [0.2, 0.25) is 0 Å². The van der Waals surface area contributed by atoms with Crippen LogP contribution < -0.4 is 5.32 Å². The molecular weight excluding hydrogens is 320 g/mol. The first-order valence-corrected chi connectivity index (χ1v) is 9.65. The summed E-state index contributed by atoms with van der Waals surface area (Å²) in [4.78, 5) is 14.4. The maximum absolute atomic E-state index is 12.5. The summed E-state index contributed by atoms with van der Waals surface area (Å²) in [6.07, 6.45) is 8.09. The van der Waals surface area contributed by atoms with Gasteiger partial charge in [-0.3, -0.25) is 4.68 Å². The average Bonchev–Trinajstić information content (AvgIpc) is 3.18. The number of hydrogen-bond donors (Lipinski definition) is 1. The number of benzene rings is 1. The van der Waals surface area contributed by atoms with Gasteiger partial charge < -0.3 is 10.2 Å². The number of nitrogens with one attached hydrogen (secondary N) is 1. The molecule has 6 heteroatoms. The lowest BCUT2D eigenvalue weighted by Gasteiger charge is -2.17. The lowest BCUT2D eigenvalue weighted by atomic mass is 10.0. The van der Waals surface area contributed by atoms with E-state index in [0.29, 0.717) is 5.92 Å². The number of aryl methyl sites for hydroxylation is 1. The molecular formula is C18H24N4OS. The zero-order valence-corrected chi connectivity index (χ0v) is 15.1. The first-order valence-electron chi connectivity index (χ1n) is 8.25. The van der Waals surface area contributed by atoms with E-state index >= 15 is 0 Å². The van der Waals surface area contributed by atoms with Gasteiger partial charge >= 0.3 is 6.03 Å². The molecule has 0 bridgehead atoms. The first-order chi connectivity index (χ1) is 11.6. The van der Waals surface area contributed by atoms with Gasteiger partial charge in [-0.2, -0.15) is 16.9 Å². The van der Waals surface area contributed by atoms with Crippen LogP contribution in [-0.2, 0) is 19.2 Å². The Morgan fingerprint density at radius 3 is 3.04 bits per heavy atom. The van der Waals surface area contributed by atoms with Crippen LogP contribution >= 0.6 is 11.8 Å². The van der Waals surface area contributed by atoms with E-state index in [1.165, 1.54) is 11.1 Å². The second-order valence-corrected chi connectivity index (χ2v) is 7.26. The minimum atomic E-state index is 0.00462. The molecule has 5 nitrogen and oxygen atoms in total. The van der Waals surface area contributed by atoms with Gasteiger partial charge in [-0.25, -0.2) is 4.79 Å². The van der Waals surface area contributed by atoms with Crippen LogP contribution in [0.5, 0.6) is 0 Å². The van der Waals surface area contributed by atoms with Crippen molar-refractivity contribution >= 4 is 23.5 Å². The molecule has 1 fully saturated rings. The molecule has 1 aliphatic rings. The van der Waals surface area contributed by atoms with Crippen LogP contribution in [0.4, 0.5) is 10.5 Å². The third-order valence-corrected chi connectivity index (χ3v) is 4.97. The topological polar surface area (TPSA) is 50.2 Å². The normalized spacial score (nSPS) is 17.2. The molecule has 1 aliphatic heterocycles. The van der Waals surface area contributed by atoms with Crippen molar-refractivity contribution in [2.24, 2.45) is 13.0 Å². The fourth-order valence-corrected chi connectivity index (χ4v) is 3.72. The Morgan fingerprint density at radius 2 is 2.29 bits per heavy atom.